The number of hydrogen-bond acceptors (Lipinski definition) is 2. The van der Waals surface area contributed by atoms with Gasteiger partial charge in [-0.25, -0.2) is 0 Å². The summed E-state index contributed by atoms with van der Waals surface area (Å²) in [6.07, 6.45) is 0. The van der Waals surface area contributed by atoms with Crippen LogP contribution in [0, 0.1) is 0 Å². The van der Waals surface area contributed by atoms with Gasteiger partial charge < -0.3 is 5.32 Å². The number of benzene rings is 2. The number of anilines is 1. The maximum absolute atomic E-state index is 12.4. The van der Waals surface area contributed by atoms with Gasteiger partial charge in [0.1, 0.15) is 4.88 Å². The molecule has 0 aliphatic carbocycles. The fraction of sp³-hybridized carbons (Fsp3) is 0. The molecule has 0 radical (unpaired) electrons. The van der Waals surface area contributed by atoms with E-state index >= 15 is 0 Å². The van der Waals surface area contributed by atoms with Gasteiger partial charge in [0.15, 0.2) is 0 Å². The van der Waals surface area contributed by atoms with E-state index in [2.05, 4.69) is 5.32 Å². The van der Waals surface area contributed by atoms with Crippen LogP contribution in [0.25, 0.3) is 10.1 Å². The van der Waals surface area contributed by atoms with Gasteiger partial charge >= 0.3 is 0 Å². The molecule has 0 saturated heterocycles. The molecule has 0 fully saturated rings. The van der Waals surface area contributed by atoms with E-state index in [1.807, 2.05) is 24.3 Å². The van der Waals surface area contributed by atoms with Gasteiger partial charge in [0, 0.05) is 10.1 Å². The van der Waals surface area contributed by atoms with Crippen molar-refractivity contribution in [2.75, 3.05) is 5.32 Å². The molecule has 0 saturated carbocycles. The number of halogens is 3. The molecule has 3 rings (SSSR count). The third-order valence-electron chi connectivity index (χ3n) is 2.94. The first-order valence-electron chi connectivity index (χ1n) is 6.00. The normalized spacial score (nSPS) is 10.8. The molecule has 3 aromatic rings. The Morgan fingerprint density at radius 3 is 2.29 bits per heavy atom. The number of amides is 1. The molecule has 21 heavy (non-hydrogen) atoms. The fourth-order valence-electron chi connectivity index (χ4n) is 1.95. The van der Waals surface area contributed by atoms with E-state index in [1.54, 1.807) is 18.2 Å². The van der Waals surface area contributed by atoms with E-state index in [-0.39, 0.29) is 5.91 Å². The molecule has 0 aliphatic rings. The van der Waals surface area contributed by atoms with Crippen molar-refractivity contribution in [3.05, 3.63) is 62.4 Å². The average molecular weight is 357 g/mol. The van der Waals surface area contributed by atoms with Crippen LogP contribution in [0.3, 0.4) is 0 Å². The van der Waals surface area contributed by atoms with E-state index in [9.17, 15) is 4.79 Å². The summed E-state index contributed by atoms with van der Waals surface area (Å²) in [6.45, 7) is 0. The van der Waals surface area contributed by atoms with Gasteiger partial charge in [-0.2, -0.15) is 0 Å². The van der Waals surface area contributed by atoms with Crippen molar-refractivity contribution >= 4 is 67.8 Å². The van der Waals surface area contributed by atoms with Crippen LogP contribution in [-0.4, -0.2) is 5.91 Å². The van der Waals surface area contributed by atoms with Crippen molar-refractivity contribution in [3.8, 4) is 0 Å². The van der Waals surface area contributed by atoms with Gasteiger partial charge in [0.25, 0.3) is 5.91 Å². The van der Waals surface area contributed by atoms with Crippen LogP contribution in [0.1, 0.15) is 9.67 Å². The molecule has 0 atom stereocenters. The van der Waals surface area contributed by atoms with Crippen molar-refractivity contribution in [2.45, 2.75) is 0 Å². The third kappa shape index (κ3) is 2.74. The number of para-hydroxylation sites is 1. The summed E-state index contributed by atoms with van der Waals surface area (Å²) in [5.41, 5.74) is 0.388. The summed E-state index contributed by atoms with van der Waals surface area (Å²) in [6, 6.07) is 12.6. The van der Waals surface area contributed by atoms with Gasteiger partial charge in [-0.05, 0) is 18.2 Å². The van der Waals surface area contributed by atoms with E-state index in [0.29, 0.717) is 25.6 Å². The van der Waals surface area contributed by atoms with Crippen molar-refractivity contribution < 1.29 is 4.79 Å². The number of hydrogen-bond donors (Lipinski definition) is 1. The second-order valence-electron chi connectivity index (χ2n) is 4.29. The maximum atomic E-state index is 12.4. The second kappa shape index (κ2) is 5.85. The summed E-state index contributed by atoms with van der Waals surface area (Å²) in [4.78, 5) is 12.8. The van der Waals surface area contributed by atoms with Crippen molar-refractivity contribution in [1.82, 2.24) is 0 Å². The summed E-state index contributed by atoms with van der Waals surface area (Å²) in [7, 11) is 0. The molecule has 1 heterocycles. The predicted molar refractivity (Wildman–Crippen MR) is 91.3 cm³/mol. The standard InChI is InChI=1S/C15H8Cl3NOS/c16-9-5-3-6-10(17)13(9)19-15(20)14-12(18)8-4-1-2-7-11(8)21-14/h1-7H,(H,19,20). The minimum absolute atomic E-state index is 0.323. The minimum atomic E-state index is -0.323. The van der Waals surface area contributed by atoms with Gasteiger partial charge in [0.05, 0.1) is 20.8 Å². The first-order valence-corrected chi connectivity index (χ1v) is 7.95. The van der Waals surface area contributed by atoms with E-state index < -0.39 is 0 Å². The maximum Gasteiger partial charge on any atom is 0.267 e. The number of fused-ring (bicyclic) bond motifs is 1. The number of carbonyl (C=O) groups is 1. The molecule has 0 aliphatic heterocycles. The highest BCUT2D eigenvalue weighted by atomic mass is 35.5. The largest absolute Gasteiger partial charge is 0.319 e. The Balaban J connectivity index is 2.00. The molecule has 2 aromatic carbocycles. The molecule has 0 unspecified atom stereocenters. The number of rotatable bonds is 2. The number of carbonyl (C=O) groups excluding carboxylic acids is 1. The number of thiophene rings is 1. The van der Waals surface area contributed by atoms with Crippen LogP contribution in [0.15, 0.2) is 42.5 Å². The Bertz CT molecular complexity index is 824. The van der Waals surface area contributed by atoms with E-state index in [4.69, 9.17) is 34.8 Å². The lowest BCUT2D eigenvalue weighted by atomic mass is 10.2. The molecule has 1 N–H and O–H groups in total. The molecule has 1 aromatic heterocycles. The number of nitrogens with one attached hydrogen (secondary N) is 1. The lowest BCUT2D eigenvalue weighted by Gasteiger charge is -2.08. The summed E-state index contributed by atoms with van der Waals surface area (Å²) in [5, 5.41) is 4.79. The zero-order chi connectivity index (χ0) is 15.0. The lowest BCUT2D eigenvalue weighted by molar-refractivity contribution is 0.103. The van der Waals surface area contributed by atoms with Gasteiger partial charge in [0.2, 0.25) is 0 Å². The molecular formula is C15H8Cl3NOS. The average Bonchev–Trinajstić information content (AvgIpc) is 2.81. The highest BCUT2D eigenvalue weighted by Gasteiger charge is 2.18. The smallest absolute Gasteiger partial charge is 0.267 e. The topological polar surface area (TPSA) is 29.1 Å². The Morgan fingerprint density at radius 1 is 0.952 bits per heavy atom. The van der Waals surface area contributed by atoms with Crippen LogP contribution in [0.5, 0.6) is 0 Å². The van der Waals surface area contributed by atoms with Gasteiger partial charge in [-0.15, -0.1) is 11.3 Å². The van der Waals surface area contributed by atoms with Crippen LogP contribution >= 0.6 is 46.1 Å². The van der Waals surface area contributed by atoms with Crippen LogP contribution in [0.4, 0.5) is 5.69 Å². The molecule has 0 bridgehead atoms. The highest BCUT2D eigenvalue weighted by molar-refractivity contribution is 7.21. The van der Waals surface area contributed by atoms with Crippen LogP contribution < -0.4 is 5.32 Å². The molecule has 6 heteroatoms. The van der Waals surface area contributed by atoms with Gasteiger partial charge in [-0.3, -0.25) is 4.79 Å². The van der Waals surface area contributed by atoms with E-state index in [1.165, 1.54) is 11.3 Å². The summed E-state index contributed by atoms with van der Waals surface area (Å²) >= 11 is 19.7. The monoisotopic (exact) mass is 355 g/mol. The van der Waals surface area contributed by atoms with Crippen LogP contribution in [0.2, 0.25) is 15.1 Å². The first kappa shape index (κ1) is 14.7. The SMILES string of the molecule is O=C(Nc1c(Cl)cccc1Cl)c1sc2ccccc2c1Cl. The molecule has 106 valence electrons. The second-order valence-corrected chi connectivity index (χ2v) is 6.54. The zero-order valence-corrected chi connectivity index (χ0v) is 13.6. The molecule has 0 spiro atoms. The van der Waals surface area contributed by atoms with Crippen molar-refractivity contribution in [2.24, 2.45) is 0 Å². The first-order chi connectivity index (χ1) is 10.1. The Labute approximate surface area is 140 Å². The lowest BCUT2D eigenvalue weighted by Crippen LogP contribution is -2.11. The Morgan fingerprint density at radius 2 is 1.62 bits per heavy atom. The summed E-state index contributed by atoms with van der Waals surface area (Å²) < 4.78 is 0.956. The van der Waals surface area contributed by atoms with Gasteiger partial charge in [-0.1, -0.05) is 59.1 Å². The zero-order valence-electron chi connectivity index (χ0n) is 10.5. The van der Waals surface area contributed by atoms with Crippen molar-refractivity contribution in [1.29, 1.82) is 0 Å². The fourth-order valence-corrected chi connectivity index (χ4v) is 3.85. The molecule has 2 nitrogen and oxygen atoms in total. The molecular weight excluding hydrogens is 349 g/mol. The van der Waals surface area contributed by atoms with Crippen molar-refractivity contribution in [3.63, 3.8) is 0 Å². The predicted octanol–water partition coefficient (Wildman–Crippen LogP) is 6.11. The molecule has 1 amide bonds. The highest BCUT2D eigenvalue weighted by Crippen LogP contribution is 2.37. The summed E-state index contributed by atoms with van der Waals surface area (Å²) in [5.74, 6) is -0.323. The van der Waals surface area contributed by atoms with E-state index in [0.717, 1.165) is 10.1 Å². The third-order valence-corrected chi connectivity index (χ3v) is 5.25. The minimum Gasteiger partial charge on any atom is -0.319 e. The van der Waals surface area contributed by atoms with Crippen LogP contribution in [-0.2, 0) is 0 Å². The Kier molecular flexibility index (Phi) is 4.09. The quantitative estimate of drug-likeness (QED) is 0.589. The Hall–Kier alpha value is -1.26.